The van der Waals surface area contributed by atoms with E-state index in [4.69, 9.17) is 4.98 Å². The van der Waals surface area contributed by atoms with Crippen LogP contribution >= 0.6 is 0 Å². The molecule has 0 unspecified atom stereocenters. The van der Waals surface area contributed by atoms with Crippen LogP contribution in [-0.2, 0) is 0 Å². The van der Waals surface area contributed by atoms with Crippen LogP contribution in [0.5, 0.6) is 0 Å². The lowest BCUT2D eigenvalue weighted by molar-refractivity contribution is 1.08. The number of benzene rings is 9. The number of fused-ring (bicyclic) bond motifs is 13. The summed E-state index contributed by atoms with van der Waals surface area (Å²) >= 11 is 0. The zero-order valence-electron chi connectivity index (χ0n) is 29.8. The summed E-state index contributed by atoms with van der Waals surface area (Å²) in [6.45, 7) is 0. The van der Waals surface area contributed by atoms with Gasteiger partial charge >= 0.3 is 0 Å². The van der Waals surface area contributed by atoms with Gasteiger partial charge in [0.1, 0.15) is 5.52 Å². The number of imidazole rings is 2. The fraction of sp³-hybridized carbons (Fsp3) is 0. The van der Waals surface area contributed by atoms with Gasteiger partial charge in [-0.3, -0.25) is 13.5 Å². The van der Waals surface area contributed by atoms with Crippen LogP contribution in [0.1, 0.15) is 0 Å². The van der Waals surface area contributed by atoms with E-state index in [1.807, 2.05) is 0 Å². The first-order valence-corrected chi connectivity index (χ1v) is 18.8. The number of para-hydroxylation sites is 3. The molecule has 0 bridgehead atoms. The lowest BCUT2D eigenvalue weighted by Gasteiger charge is -2.13. The number of nitrogens with zero attached hydrogens (tertiary/aromatic N) is 4. The maximum Gasteiger partial charge on any atom is 0.221 e. The van der Waals surface area contributed by atoms with E-state index >= 15 is 0 Å². The Morgan fingerprint density at radius 1 is 0.309 bits per heavy atom. The maximum atomic E-state index is 5.43. The van der Waals surface area contributed by atoms with Gasteiger partial charge in [-0.15, -0.1) is 0 Å². The molecule has 0 aliphatic carbocycles. The highest BCUT2D eigenvalue weighted by molar-refractivity contribution is 6.25. The van der Waals surface area contributed by atoms with Gasteiger partial charge in [0.2, 0.25) is 5.78 Å². The minimum atomic E-state index is 0.892. The maximum absolute atomic E-state index is 5.43. The summed E-state index contributed by atoms with van der Waals surface area (Å²) in [5.74, 6) is 0.892. The summed E-state index contributed by atoms with van der Waals surface area (Å²) in [4.78, 5) is 5.43. The lowest BCUT2D eigenvalue weighted by atomic mass is 9.91. The van der Waals surface area contributed by atoms with Crippen molar-refractivity contribution >= 4 is 71.2 Å². The number of hydrogen-bond donors (Lipinski definition) is 0. The van der Waals surface area contributed by atoms with Crippen molar-refractivity contribution in [2.24, 2.45) is 0 Å². The van der Waals surface area contributed by atoms with E-state index in [0.717, 1.165) is 55.8 Å². The van der Waals surface area contributed by atoms with E-state index in [2.05, 4.69) is 208 Å². The minimum Gasteiger partial charge on any atom is -0.294 e. The topological polar surface area (TPSA) is 27.2 Å². The predicted molar refractivity (Wildman–Crippen MR) is 230 cm³/mol. The number of rotatable bonds is 4. The first kappa shape index (κ1) is 30.1. The van der Waals surface area contributed by atoms with Crippen molar-refractivity contribution in [2.75, 3.05) is 0 Å². The van der Waals surface area contributed by atoms with Gasteiger partial charge in [0, 0.05) is 16.8 Å². The monoisotopic (exact) mass is 700 g/mol. The summed E-state index contributed by atoms with van der Waals surface area (Å²) < 4.78 is 7.01. The molecule has 0 aliphatic heterocycles. The fourth-order valence-corrected chi connectivity index (χ4v) is 8.96. The second-order valence-corrected chi connectivity index (χ2v) is 14.4. The smallest absolute Gasteiger partial charge is 0.221 e. The van der Waals surface area contributed by atoms with Gasteiger partial charge in [-0.05, 0) is 109 Å². The van der Waals surface area contributed by atoms with Crippen LogP contribution in [0.4, 0.5) is 0 Å². The van der Waals surface area contributed by atoms with Crippen molar-refractivity contribution in [1.82, 2.24) is 18.5 Å². The van der Waals surface area contributed by atoms with Crippen LogP contribution in [0.15, 0.2) is 194 Å². The molecule has 12 aromatic rings. The van der Waals surface area contributed by atoms with Crippen LogP contribution in [0.3, 0.4) is 0 Å². The van der Waals surface area contributed by atoms with Gasteiger partial charge < -0.3 is 0 Å². The van der Waals surface area contributed by atoms with E-state index in [0.29, 0.717) is 0 Å². The van der Waals surface area contributed by atoms with E-state index in [1.54, 1.807) is 0 Å². The number of hydrogen-bond acceptors (Lipinski definition) is 1. The molecule has 256 valence electrons. The highest BCUT2D eigenvalue weighted by Crippen LogP contribution is 2.40. The molecular formula is C51H32N4. The lowest BCUT2D eigenvalue weighted by Crippen LogP contribution is -1.97. The Kier molecular flexibility index (Phi) is 6.31. The third-order valence-corrected chi connectivity index (χ3v) is 11.4. The Morgan fingerprint density at radius 2 is 0.818 bits per heavy atom. The second kappa shape index (κ2) is 11.5. The van der Waals surface area contributed by atoms with E-state index < -0.39 is 0 Å². The first-order valence-electron chi connectivity index (χ1n) is 18.8. The average molecular weight is 701 g/mol. The summed E-state index contributed by atoms with van der Waals surface area (Å²) in [7, 11) is 0. The SMILES string of the molecule is c1ccc(-n2c3cc(-c4cccc(-c5ccc6c7ccccc7c7ccccc7c6c5)c4)ccc3n3c2nc2c4ccccc4n(-c4ccccc4)c23)cc1. The molecule has 0 saturated carbocycles. The van der Waals surface area contributed by atoms with Crippen LogP contribution in [0, 0.1) is 0 Å². The van der Waals surface area contributed by atoms with Gasteiger partial charge in [0.15, 0.2) is 5.65 Å². The van der Waals surface area contributed by atoms with Crippen LogP contribution in [0.2, 0.25) is 0 Å². The third kappa shape index (κ3) is 4.37. The van der Waals surface area contributed by atoms with Gasteiger partial charge in [-0.2, -0.15) is 0 Å². The molecule has 12 rings (SSSR count). The molecule has 0 N–H and O–H groups in total. The van der Waals surface area contributed by atoms with E-state index in [9.17, 15) is 0 Å². The van der Waals surface area contributed by atoms with Gasteiger partial charge in [0.25, 0.3) is 0 Å². The van der Waals surface area contributed by atoms with Crippen LogP contribution < -0.4 is 0 Å². The molecule has 0 fully saturated rings. The van der Waals surface area contributed by atoms with Crippen LogP contribution in [0.25, 0.3) is 105 Å². The van der Waals surface area contributed by atoms with Crippen molar-refractivity contribution in [1.29, 1.82) is 0 Å². The predicted octanol–water partition coefficient (Wildman–Crippen LogP) is 13.2. The van der Waals surface area contributed by atoms with Gasteiger partial charge in [0.05, 0.1) is 16.6 Å². The number of aromatic nitrogens is 4. The molecular weight excluding hydrogens is 669 g/mol. The summed E-state index contributed by atoms with van der Waals surface area (Å²) in [6.07, 6.45) is 0. The normalized spacial score (nSPS) is 12.0. The van der Waals surface area contributed by atoms with Crippen molar-refractivity contribution in [3.63, 3.8) is 0 Å². The molecule has 55 heavy (non-hydrogen) atoms. The van der Waals surface area contributed by atoms with Crippen molar-refractivity contribution in [3.05, 3.63) is 194 Å². The Balaban J connectivity index is 1.07. The molecule has 4 nitrogen and oxygen atoms in total. The Bertz CT molecular complexity index is 3440. The molecule has 0 saturated heterocycles. The molecule has 0 amide bonds. The van der Waals surface area contributed by atoms with Crippen molar-refractivity contribution < 1.29 is 0 Å². The standard InChI is InChI=1S/C51H32N4/c1-3-16-37(17-4-1)53-46-25-12-11-24-44(46)49-50(53)55-47-29-27-36(32-48(47)54(51(55)52-49)38-18-5-2-6-19-38)34-15-13-14-33(30-34)35-26-28-43-41-22-8-7-20-39(41)40-21-9-10-23-42(40)45(43)31-35/h1-32H. The Morgan fingerprint density at radius 3 is 1.49 bits per heavy atom. The minimum absolute atomic E-state index is 0.892. The quantitative estimate of drug-likeness (QED) is 0.168. The zero-order valence-corrected chi connectivity index (χ0v) is 29.8. The largest absolute Gasteiger partial charge is 0.294 e. The van der Waals surface area contributed by atoms with E-state index in [1.165, 1.54) is 49.0 Å². The zero-order chi connectivity index (χ0) is 36.0. The first-order chi connectivity index (χ1) is 27.3. The van der Waals surface area contributed by atoms with Crippen LogP contribution in [-0.4, -0.2) is 18.5 Å². The average Bonchev–Trinajstić information content (AvgIpc) is 3.90. The highest BCUT2D eigenvalue weighted by Gasteiger charge is 2.24. The molecule has 9 aromatic carbocycles. The van der Waals surface area contributed by atoms with Crippen molar-refractivity contribution in [3.8, 4) is 33.6 Å². The van der Waals surface area contributed by atoms with Gasteiger partial charge in [-0.1, -0.05) is 140 Å². The molecule has 4 heteroatoms. The Labute approximate surface area is 316 Å². The summed E-state index contributed by atoms with van der Waals surface area (Å²) in [6, 6.07) is 70.1. The van der Waals surface area contributed by atoms with E-state index in [-0.39, 0.29) is 0 Å². The molecule has 0 aliphatic rings. The molecule has 0 radical (unpaired) electrons. The summed E-state index contributed by atoms with van der Waals surface area (Å²) in [5.41, 5.74) is 12.3. The second-order valence-electron chi connectivity index (χ2n) is 14.4. The Hall–Kier alpha value is -7.43. The summed E-state index contributed by atoms with van der Waals surface area (Å²) in [5, 5.41) is 8.87. The highest BCUT2D eigenvalue weighted by atomic mass is 15.3. The molecule has 3 heterocycles. The molecule has 0 atom stereocenters. The third-order valence-electron chi connectivity index (χ3n) is 11.4. The van der Waals surface area contributed by atoms with Gasteiger partial charge in [-0.25, -0.2) is 4.98 Å². The molecule has 0 spiro atoms. The fourth-order valence-electron chi connectivity index (χ4n) is 8.96. The van der Waals surface area contributed by atoms with Crippen molar-refractivity contribution in [2.45, 2.75) is 0 Å². The molecule has 3 aromatic heterocycles.